The van der Waals surface area contributed by atoms with Gasteiger partial charge in [0.2, 0.25) is 0 Å². The Kier molecular flexibility index (Phi) is 2.30. The third-order valence-electron chi connectivity index (χ3n) is 2.76. The van der Waals surface area contributed by atoms with Crippen LogP contribution in [0.5, 0.6) is 0 Å². The summed E-state index contributed by atoms with van der Waals surface area (Å²) >= 11 is 6.05. The normalized spacial score (nSPS) is 21.6. The lowest BCUT2D eigenvalue weighted by Crippen LogP contribution is -2.22. The van der Waals surface area contributed by atoms with Gasteiger partial charge in [0.15, 0.2) is 5.15 Å². The first-order chi connectivity index (χ1) is 6.24. The minimum absolute atomic E-state index is 0.405. The summed E-state index contributed by atoms with van der Waals surface area (Å²) in [4.78, 5) is 4.26. The van der Waals surface area contributed by atoms with Gasteiger partial charge < -0.3 is 10.3 Å². The third kappa shape index (κ3) is 1.36. The predicted molar refractivity (Wildman–Crippen MR) is 53.0 cm³/mol. The van der Waals surface area contributed by atoms with Gasteiger partial charge in [-0.05, 0) is 19.8 Å². The van der Waals surface area contributed by atoms with Crippen LogP contribution in [-0.4, -0.2) is 16.1 Å². The van der Waals surface area contributed by atoms with Crippen molar-refractivity contribution in [3.05, 3.63) is 16.7 Å². The Morgan fingerprint density at radius 1 is 1.69 bits per heavy atom. The van der Waals surface area contributed by atoms with Gasteiger partial charge in [-0.2, -0.15) is 0 Å². The molecule has 0 aromatic carbocycles. The van der Waals surface area contributed by atoms with E-state index < -0.39 is 0 Å². The summed E-state index contributed by atoms with van der Waals surface area (Å²) in [5.74, 6) is 1.42. The van der Waals surface area contributed by atoms with Crippen molar-refractivity contribution in [1.82, 2.24) is 9.55 Å². The SMILES string of the molecule is Cc1nc(Cl)c2n1CCCC2CN. The van der Waals surface area contributed by atoms with Crippen molar-refractivity contribution in [1.29, 1.82) is 0 Å². The summed E-state index contributed by atoms with van der Waals surface area (Å²) < 4.78 is 2.20. The van der Waals surface area contributed by atoms with Gasteiger partial charge in [0.05, 0.1) is 5.69 Å². The highest BCUT2D eigenvalue weighted by Gasteiger charge is 2.24. The van der Waals surface area contributed by atoms with E-state index in [9.17, 15) is 0 Å². The zero-order valence-corrected chi connectivity index (χ0v) is 8.51. The molecule has 1 unspecified atom stereocenters. The van der Waals surface area contributed by atoms with E-state index in [2.05, 4.69) is 9.55 Å². The zero-order valence-electron chi connectivity index (χ0n) is 7.76. The van der Waals surface area contributed by atoms with Gasteiger partial charge in [0.25, 0.3) is 0 Å². The first-order valence-electron chi connectivity index (χ1n) is 4.66. The molecular weight excluding hydrogens is 186 g/mol. The van der Waals surface area contributed by atoms with Gasteiger partial charge in [0.1, 0.15) is 5.82 Å². The number of nitrogens with zero attached hydrogens (tertiary/aromatic N) is 2. The van der Waals surface area contributed by atoms with Crippen molar-refractivity contribution < 1.29 is 0 Å². The second-order valence-corrected chi connectivity index (χ2v) is 3.92. The van der Waals surface area contributed by atoms with Crippen LogP contribution in [0.1, 0.15) is 30.3 Å². The van der Waals surface area contributed by atoms with E-state index in [-0.39, 0.29) is 0 Å². The van der Waals surface area contributed by atoms with E-state index in [1.807, 2.05) is 6.92 Å². The smallest absolute Gasteiger partial charge is 0.150 e. The Balaban J connectivity index is 2.48. The topological polar surface area (TPSA) is 43.8 Å². The Morgan fingerprint density at radius 2 is 2.46 bits per heavy atom. The molecule has 0 spiro atoms. The molecule has 2 rings (SSSR count). The van der Waals surface area contributed by atoms with E-state index in [4.69, 9.17) is 17.3 Å². The summed E-state index contributed by atoms with van der Waals surface area (Å²) in [7, 11) is 0. The second kappa shape index (κ2) is 3.31. The minimum atomic E-state index is 0.405. The van der Waals surface area contributed by atoms with Crippen LogP contribution in [0, 0.1) is 6.92 Å². The molecule has 0 aliphatic carbocycles. The standard InChI is InChI=1S/C9H14ClN3/c1-6-12-9(10)8-7(5-11)3-2-4-13(6)8/h7H,2-5,11H2,1H3. The molecule has 13 heavy (non-hydrogen) atoms. The maximum Gasteiger partial charge on any atom is 0.150 e. The van der Waals surface area contributed by atoms with Gasteiger partial charge in [-0.15, -0.1) is 0 Å². The summed E-state index contributed by atoms with van der Waals surface area (Å²) in [6.45, 7) is 3.70. The van der Waals surface area contributed by atoms with E-state index in [1.54, 1.807) is 0 Å². The van der Waals surface area contributed by atoms with Crippen LogP contribution in [-0.2, 0) is 6.54 Å². The van der Waals surface area contributed by atoms with Crippen LogP contribution in [0.25, 0.3) is 0 Å². The summed E-state index contributed by atoms with van der Waals surface area (Å²) in [5.41, 5.74) is 6.84. The summed E-state index contributed by atoms with van der Waals surface area (Å²) in [5, 5.41) is 0.646. The van der Waals surface area contributed by atoms with E-state index in [0.29, 0.717) is 17.6 Å². The van der Waals surface area contributed by atoms with Gasteiger partial charge in [-0.1, -0.05) is 11.6 Å². The fourth-order valence-electron chi connectivity index (χ4n) is 2.08. The number of hydrogen-bond acceptors (Lipinski definition) is 2. The number of halogens is 1. The zero-order chi connectivity index (χ0) is 9.42. The molecule has 1 aromatic heterocycles. The largest absolute Gasteiger partial charge is 0.331 e. The van der Waals surface area contributed by atoms with Crippen molar-refractivity contribution in [3.63, 3.8) is 0 Å². The lowest BCUT2D eigenvalue weighted by Gasteiger charge is -2.23. The number of imidazole rings is 1. The van der Waals surface area contributed by atoms with E-state index in [1.165, 1.54) is 6.42 Å². The molecule has 2 N–H and O–H groups in total. The fraction of sp³-hybridized carbons (Fsp3) is 0.667. The van der Waals surface area contributed by atoms with E-state index in [0.717, 1.165) is 24.5 Å². The first kappa shape index (κ1) is 9.03. The Bertz CT molecular complexity index is 319. The van der Waals surface area contributed by atoms with Gasteiger partial charge in [0, 0.05) is 19.0 Å². The molecule has 72 valence electrons. The molecule has 2 heterocycles. The highest BCUT2D eigenvalue weighted by Crippen LogP contribution is 2.32. The maximum atomic E-state index is 6.05. The number of nitrogens with two attached hydrogens (primary N) is 1. The Hall–Kier alpha value is -0.540. The lowest BCUT2D eigenvalue weighted by molar-refractivity contribution is 0.453. The van der Waals surface area contributed by atoms with Crippen LogP contribution in [0.2, 0.25) is 5.15 Å². The van der Waals surface area contributed by atoms with Crippen molar-refractivity contribution >= 4 is 11.6 Å². The molecule has 0 fully saturated rings. The second-order valence-electron chi connectivity index (χ2n) is 3.56. The highest BCUT2D eigenvalue weighted by molar-refractivity contribution is 6.30. The molecule has 1 aromatic rings. The molecule has 1 atom stereocenters. The molecule has 3 nitrogen and oxygen atoms in total. The van der Waals surface area contributed by atoms with Crippen LogP contribution >= 0.6 is 11.6 Å². The molecule has 4 heteroatoms. The fourth-order valence-corrected chi connectivity index (χ4v) is 2.46. The molecule has 0 saturated carbocycles. The highest BCUT2D eigenvalue weighted by atomic mass is 35.5. The lowest BCUT2D eigenvalue weighted by atomic mass is 9.96. The minimum Gasteiger partial charge on any atom is -0.331 e. The monoisotopic (exact) mass is 199 g/mol. The molecule has 0 amide bonds. The van der Waals surface area contributed by atoms with Gasteiger partial charge in [-0.25, -0.2) is 4.98 Å². The van der Waals surface area contributed by atoms with Crippen LogP contribution < -0.4 is 5.73 Å². The maximum absolute atomic E-state index is 6.05. The molecule has 0 radical (unpaired) electrons. The number of rotatable bonds is 1. The average molecular weight is 200 g/mol. The quantitative estimate of drug-likeness (QED) is 0.748. The number of hydrogen-bond donors (Lipinski definition) is 1. The van der Waals surface area contributed by atoms with E-state index >= 15 is 0 Å². The summed E-state index contributed by atoms with van der Waals surface area (Å²) in [6.07, 6.45) is 2.32. The molecular formula is C9H14ClN3. The number of aryl methyl sites for hydroxylation is 1. The van der Waals surface area contributed by atoms with Crippen molar-refractivity contribution in [2.75, 3.05) is 6.54 Å². The number of fused-ring (bicyclic) bond motifs is 1. The summed E-state index contributed by atoms with van der Waals surface area (Å²) in [6, 6.07) is 0. The van der Waals surface area contributed by atoms with Crippen molar-refractivity contribution in [3.8, 4) is 0 Å². The average Bonchev–Trinajstić information content (AvgIpc) is 2.43. The number of aromatic nitrogens is 2. The third-order valence-corrected chi connectivity index (χ3v) is 3.04. The Morgan fingerprint density at radius 3 is 3.15 bits per heavy atom. The molecule has 0 saturated heterocycles. The van der Waals surface area contributed by atoms with Gasteiger partial charge >= 0.3 is 0 Å². The van der Waals surface area contributed by atoms with Crippen LogP contribution in [0.3, 0.4) is 0 Å². The van der Waals surface area contributed by atoms with Crippen LogP contribution in [0.15, 0.2) is 0 Å². The van der Waals surface area contributed by atoms with Crippen molar-refractivity contribution in [2.24, 2.45) is 5.73 Å². The molecule has 0 bridgehead atoms. The van der Waals surface area contributed by atoms with Gasteiger partial charge in [-0.3, -0.25) is 0 Å². The molecule has 1 aliphatic heterocycles. The Labute approximate surface area is 82.9 Å². The van der Waals surface area contributed by atoms with Crippen molar-refractivity contribution in [2.45, 2.75) is 32.2 Å². The van der Waals surface area contributed by atoms with Crippen LogP contribution in [0.4, 0.5) is 0 Å². The first-order valence-corrected chi connectivity index (χ1v) is 5.04. The predicted octanol–water partition coefficient (Wildman–Crippen LogP) is 1.68. The molecule has 1 aliphatic rings.